The molecule has 0 heterocycles. The van der Waals surface area contributed by atoms with Gasteiger partial charge in [-0.15, -0.1) is 0 Å². The third kappa shape index (κ3) is 5.02. The minimum Gasteiger partial charge on any atom is -0.393 e. The Labute approximate surface area is 236 Å². The largest absolute Gasteiger partial charge is 0.393 e. The number of aliphatic hydroxyl groups excluding tert-OH is 1. The third-order valence-corrected chi connectivity index (χ3v) is 9.76. The molecule has 2 aromatic rings. The van der Waals surface area contributed by atoms with Crippen LogP contribution in [0.25, 0.3) is 0 Å². The van der Waals surface area contributed by atoms with E-state index in [4.69, 9.17) is 0 Å². The molecule has 2 aromatic carbocycles. The van der Waals surface area contributed by atoms with Gasteiger partial charge in [0.05, 0.1) is 18.5 Å². The van der Waals surface area contributed by atoms with Gasteiger partial charge < -0.3 is 15.7 Å². The summed E-state index contributed by atoms with van der Waals surface area (Å²) < 4.78 is 13.1. The lowest BCUT2D eigenvalue weighted by molar-refractivity contribution is -0.114. The van der Waals surface area contributed by atoms with E-state index in [0.29, 0.717) is 30.6 Å². The van der Waals surface area contributed by atoms with E-state index in [1.54, 1.807) is 17.7 Å². The number of nitrogens with one attached hydrogen (secondary N) is 2. The summed E-state index contributed by atoms with van der Waals surface area (Å²) in [6.45, 7) is 6.69. The average Bonchev–Trinajstić information content (AvgIpc) is 3.25. The van der Waals surface area contributed by atoms with Crippen LogP contribution in [-0.4, -0.2) is 23.5 Å². The molecule has 2 fully saturated rings. The molecule has 4 nitrogen and oxygen atoms in total. The fraction of sp³-hybridized carbons (Fsp3) is 0.400. The summed E-state index contributed by atoms with van der Waals surface area (Å²) in [6, 6.07) is 14.7. The van der Waals surface area contributed by atoms with Gasteiger partial charge in [-0.3, -0.25) is 4.79 Å². The SMILES string of the molecule is C=C(NCC#Cc1ccc(C2CC3(C)C(O)CCC3C3CCC4=CC(=O)CCC4=C23)cc1)Nc1ccc(F)cc1. The van der Waals surface area contributed by atoms with Gasteiger partial charge in [0.15, 0.2) is 5.78 Å². The van der Waals surface area contributed by atoms with Gasteiger partial charge in [0, 0.05) is 23.6 Å². The van der Waals surface area contributed by atoms with Gasteiger partial charge in [-0.1, -0.05) is 43.0 Å². The Bertz CT molecular complexity index is 1440. The van der Waals surface area contributed by atoms with Crippen molar-refractivity contribution in [2.45, 2.75) is 63.9 Å². The van der Waals surface area contributed by atoms with Crippen LogP contribution in [0, 0.1) is 34.9 Å². The van der Waals surface area contributed by atoms with Crippen molar-refractivity contribution in [3.05, 3.63) is 101 Å². The van der Waals surface area contributed by atoms with Gasteiger partial charge in [0.1, 0.15) is 5.82 Å². The van der Waals surface area contributed by atoms with Crippen LogP contribution in [-0.2, 0) is 4.79 Å². The minimum atomic E-state index is -0.276. The molecule has 0 aliphatic heterocycles. The van der Waals surface area contributed by atoms with Crippen molar-refractivity contribution >= 4 is 11.5 Å². The van der Waals surface area contributed by atoms with E-state index in [2.05, 4.69) is 60.2 Å². The maximum Gasteiger partial charge on any atom is 0.156 e. The molecular weight excluding hydrogens is 499 g/mol. The van der Waals surface area contributed by atoms with E-state index in [1.165, 1.54) is 28.8 Å². The summed E-state index contributed by atoms with van der Waals surface area (Å²) in [4.78, 5) is 12.2. The zero-order valence-corrected chi connectivity index (χ0v) is 23.1. The molecule has 3 N–H and O–H groups in total. The molecule has 6 rings (SSSR count). The highest BCUT2D eigenvalue weighted by Gasteiger charge is 2.56. The van der Waals surface area contributed by atoms with E-state index < -0.39 is 0 Å². The Hall–Kier alpha value is -3.62. The van der Waals surface area contributed by atoms with Gasteiger partial charge in [-0.25, -0.2) is 4.39 Å². The first-order valence-electron chi connectivity index (χ1n) is 14.5. The molecule has 2 saturated carbocycles. The van der Waals surface area contributed by atoms with Crippen molar-refractivity contribution in [3.8, 4) is 11.8 Å². The summed E-state index contributed by atoms with van der Waals surface area (Å²) in [7, 11) is 0. The number of allylic oxidation sites excluding steroid dienone is 4. The van der Waals surface area contributed by atoms with Crippen molar-refractivity contribution in [2.75, 3.05) is 11.9 Å². The predicted molar refractivity (Wildman–Crippen MR) is 157 cm³/mol. The first-order chi connectivity index (χ1) is 19.3. The van der Waals surface area contributed by atoms with Crippen LogP contribution < -0.4 is 10.6 Å². The maximum absolute atomic E-state index is 13.1. The molecule has 5 heteroatoms. The van der Waals surface area contributed by atoms with E-state index in [9.17, 15) is 14.3 Å². The Morgan fingerprint density at radius 1 is 1.07 bits per heavy atom. The van der Waals surface area contributed by atoms with Crippen molar-refractivity contribution in [1.29, 1.82) is 0 Å². The van der Waals surface area contributed by atoms with Gasteiger partial charge in [0.2, 0.25) is 0 Å². The van der Waals surface area contributed by atoms with Crippen molar-refractivity contribution < 1.29 is 14.3 Å². The van der Waals surface area contributed by atoms with Crippen molar-refractivity contribution in [1.82, 2.24) is 5.32 Å². The number of hydrogen-bond acceptors (Lipinski definition) is 4. The fourth-order valence-corrected chi connectivity index (χ4v) is 7.78. The quantitative estimate of drug-likeness (QED) is 0.377. The van der Waals surface area contributed by atoms with Gasteiger partial charge >= 0.3 is 0 Å². The monoisotopic (exact) mass is 536 g/mol. The second-order valence-electron chi connectivity index (χ2n) is 12.1. The molecule has 40 heavy (non-hydrogen) atoms. The smallest absolute Gasteiger partial charge is 0.156 e. The number of halogens is 1. The molecule has 0 aromatic heterocycles. The first-order valence-corrected chi connectivity index (χ1v) is 14.5. The van der Waals surface area contributed by atoms with E-state index in [-0.39, 0.29) is 29.0 Å². The predicted octanol–water partition coefficient (Wildman–Crippen LogP) is 6.61. The molecular formula is C35H37FN2O2. The fourth-order valence-electron chi connectivity index (χ4n) is 7.78. The van der Waals surface area contributed by atoms with Gasteiger partial charge in [-0.05, 0) is 115 Å². The van der Waals surface area contributed by atoms with Crippen LogP contribution in [0.15, 0.2) is 83.7 Å². The normalized spacial score (nSPS) is 28.9. The number of ketones is 1. The number of carbonyl (C=O) groups is 1. The highest BCUT2D eigenvalue weighted by molar-refractivity contribution is 5.93. The Kier molecular flexibility index (Phi) is 7.15. The molecule has 0 bridgehead atoms. The van der Waals surface area contributed by atoms with Gasteiger partial charge in [-0.2, -0.15) is 0 Å². The maximum atomic E-state index is 13.1. The first kappa shape index (κ1) is 26.6. The lowest BCUT2D eigenvalue weighted by Gasteiger charge is -2.52. The van der Waals surface area contributed by atoms with Crippen molar-refractivity contribution in [2.24, 2.45) is 17.3 Å². The van der Waals surface area contributed by atoms with E-state index >= 15 is 0 Å². The second-order valence-corrected chi connectivity index (χ2v) is 12.1. The number of anilines is 1. The second kappa shape index (κ2) is 10.7. The van der Waals surface area contributed by atoms with E-state index in [0.717, 1.165) is 49.8 Å². The number of carbonyl (C=O) groups excluding carboxylic acids is 1. The number of fused-ring (bicyclic) bond motifs is 4. The Balaban J connectivity index is 1.19. The standard InChI is InChI=1S/C35H37FN2O2/c1-22(38-27-12-10-26(36)11-13-27)37-19-3-4-23-5-7-24(8-6-23)31-21-35(2)32(17-18-33(35)40)30-15-9-25-20-28(39)14-16-29(25)34(30)31/h5-8,10-13,20,30-33,37-38,40H,1,9,14-19,21H2,2H3. The lowest BCUT2D eigenvalue weighted by Crippen LogP contribution is -2.45. The van der Waals surface area contributed by atoms with Crippen LogP contribution >= 0.6 is 0 Å². The number of aliphatic hydroxyl groups is 1. The van der Waals surface area contributed by atoms with Crippen LogP contribution in [0.1, 0.15) is 68.9 Å². The molecule has 0 spiro atoms. The summed E-state index contributed by atoms with van der Waals surface area (Å²) >= 11 is 0. The Morgan fingerprint density at radius 2 is 1.85 bits per heavy atom. The molecule has 4 aliphatic rings. The molecule has 4 aliphatic carbocycles. The summed E-state index contributed by atoms with van der Waals surface area (Å²) in [5.74, 6) is 8.24. The van der Waals surface area contributed by atoms with Crippen LogP contribution in [0.4, 0.5) is 10.1 Å². The zero-order valence-electron chi connectivity index (χ0n) is 23.1. The van der Waals surface area contributed by atoms with Crippen LogP contribution in [0.3, 0.4) is 0 Å². The topological polar surface area (TPSA) is 61.4 Å². The van der Waals surface area contributed by atoms with Crippen LogP contribution in [0.2, 0.25) is 0 Å². The van der Waals surface area contributed by atoms with E-state index in [1.807, 2.05) is 6.08 Å². The third-order valence-electron chi connectivity index (χ3n) is 9.76. The lowest BCUT2D eigenvalue weighted by atomic mass is 9.53. The summed E-state index contributed by atoms with van der Waals surface area (Å²) in [6.07, 6.45) is 8.14. The van der Waals surface area contributed by atoms with Crippen LogP contribution in [0.5, 0.6) is 0 Å². The highest BCUT2D eigenvalue weighted by Crippen LogP contribution is 2.63. The zero-order chi connectivity index (χ0) is 27.9. The summed E-state index contributed by atoms with van der Waals surface area (Å²) in [5.41, 5.74) is 7.18. The minimum absolute atomic E-state index is 0.0699. The molecule has 5 atom stereocenters. The number of hydrogen-bond donors (Lipinski definition) is 3. The summed E-state index contributed by atoms with van der Waals surface area (Å²) in [5, 5.41) is 17.3. The highest BCUT2D eigenvalue weighted by atomic mass is 19.1. The molecule has 5 unspecified atom stereocenters. The molecule has 0 saturated heterocycles. The average molecular weight is 537 g/mol. The molecule has 0 radical (unpaired) electrons. The molecule has 0 amide bonds. The van der Waals surface area contributed by atoms with Crippen molar-refractivity contribution in [3.63, 3.8) is 0 Å². The Morgan fingerprint density at radius 3 is 2.62 bits per heavy atom. The number of rotatable bonds is 5. The van der Waals surface area contributed by atoms with Gasteiger partial charge in [0.25, 0.3) is 0 Å². The molecule has 206 valence electrons. The number of benzene rings is 2.